The number of halogens is 1. The number of carbonyl (C=O) groups excluding carboxylic acids is 1. The van der Waals surface area contributed by atoms with E-state index in [1.807, 2.05) is 13.8 Å². The predicted octanol–water partition coefficient (Wildman–Crippen LogP) is 3.24. The van der Waals surface area contributed by atoms with Gasteiger partial charge in [0.15, 0.2) is 0 Å². The highest BCUT2D eigenvalue weighted by Gasteiger charge is 2.05. The summed E-state index contributed by atoms with van der Waals surface area (Å²) in [5, 5.41) is 0. The molecule has 1 aromatic carbocycles. The second-order valence-corrected chi connectivity index (χ2v) is 2.91. The molecule has 0 spiro atoms. The third-order valence-electron chi connectivity index (χ3n) is 1.80. The highest BCUT2D eigenvalue weighted by molar-refractivity contribution is 5.89. The first-order valence-electron chi connectivity index (χ1n) is 5.65. The van der Waals surface area contributed by atoms with Crippen LogP contribution in [0.2, 0.25) is 0 Å². The maximum atomic E-state index is 11.8. The molecule has 0 aliphatic carbocycles. The molecule has 17 heavy (non-hydrogen) atoms. The number of alkyl halides is 1. The van der Waals surface area contributed by atoms with Crippen LogP contribution in [0.1, 0.15) is 30.6 Å². The molecule has 0 fully saturated rings. The predicted molar refractivity (Wildman–Crippen MR) is 65.2 cm³/mol. The summed E-state index contributed by atoms with van der Waals surface area (Å²) in [5.41, 5.74) is 0.426. The lowest BCUT2D eigenvalue weighted by Gasteiger charge is -2.05. The monoisotopic (exact) mass is 242 g/mol. The molecule has 0 aliphatic heterocycles. The first-order chi connectivity index (χ1) is 8.27. The van der Waals surface area contributed by atoms with Gasteiger partial charge in [0.1, 0.15) is 5.75 Å². The van der Waals surface area contributed by atoms with Crippen LogP contribution in [0.4, 0.5) is 4.39 Å². The molecule has 1 rings (SSSR count). The maximum absolute atomic E-state index is 11.8. The largest absolute Gasteiger partial charge is 0.493 e. The molecule has 0 saturated carbocycles. The van der Waals surface area contributed by atoms with Gasteiger partial charge >= 0.3 is 5.97 Å². The van der Waals surface area contributed by atoms with E-state index < -0.39 is 12.6 Å². The van der Waals surface area contributed by atoms with Gasteiger partial charge < -0.3 is 9.47 Å². The van der Waals surface area contributed by atoms with Crippen LogP contribution in [0.5, 0.6) is 5.75 Å². The highest BCUT2D eigenvalue weighted by atomic mass is 19.1. The molecule has 0 saturated heterocycles. The molecular weight excluding hydrogens is 223 g/mol. The molecule has 3 nitrogen and oxygen atoms in total. The van der Waals surface area contributed by atoms with E-state index in [9.17, 15) is 9.18 Å². The fourth-order valence-electron chi connectivity index (χ4n) is 1.08. The molecule has 0 aromatic heterocycles. The Bertz CT molecular complexity index is 326. The summed E-state index contributed by atoms with van der Waals surface area (Å²) in [6, 6.07) is 6.61. The van der Waals surface area contributed by atoms with Gasteiger partial charge in [0.05, 0.1) is 26.0 Å². The van der Waals surface area contributed by atoms with E-state index in [2.05, 4.69) is 4.74 Å². The molecule has 0 heterocycles. The summed E-state index contributed by atoms with van der Waals surface area (Å²) in [6.07, 6.45) is 0.350. The van der Waals surface area contributed by atoms with Gasteiger partial charge in [-0.2, -0.15) is 0 Å². The molecule has 1 aromatic rings. The standard InChI is InChI=1S/C11H13FO3.C2H6/c1-14-11(13)9-4-2-5-10(8-9)15-7-3-6-12;1-2/h2,4-5,8H,3,6-7H2,1H3;1-2H3. The molecule has 96 valence electrons. The normalized spacial score (nSPS) is 8.94. The number of rotatable bonds is 5. The molecule has 4 heteroatoms. The van der Waals surface area contributed by atoms with Gasteiger partial charge in [0.25, 0.3) is 0 Å². The molecule has 0 N–H and O–H groups in total. The van der Waals surface area contributed by atoms with Crippen LogP contribution in [0.25, 0.3) is 0 Å². The highest BCUT2D eigenvalue weighted by Crippen LogP contribution is 2.14. The van der Waals surface area contributed by atoms with Crippen LogP contribution in [0.15, 0.2) is 24.3 Å². The molecule has 0 unspecified atom stereocenters. The Labute approximate surface area is 102 Å². The van der Waals surface area contributed by atoms with E-state index in [0.29, 0.717) is 24.3 Å². The Balaban J connectivity index is 0.00000121. The van der Waals surface area contributed by atoms with Gasteiger partial charge in [-0.1, -0.05) is 19.9 Å². The Morgan fingerprint density at radius 2 is 2.06 bits per heavy atom. The van der Waals surface area contributed by atoms with E-state index >= 15 is 0 Å². The van der Waals surface area contributed by atoms with Crippen molar-refractivity contribution >= 4 is 5.97 Å². The third kappa shape index (κ3) is 5.90. The quantitative estimate of drug-likeness (QED) is 0.587. The van der Waals surface area contributed by atoms with Gasteiger partial charge in [-0.3, -0.25) is 4.39 Å². The third-order valence-corrected chi connectivity index (χ3v) is 1.80. The van der Waals surface area contributed by atoms with Crippen molar-refractivity contribution in [3.05, 3.63) is 29.8 Å². The van der Waals surface area contributed by atoms with Crippen molar-refractivity contribution in [3.63, 3.8) is 0 Å². The Morgan fingerprint density at radius 3 is 2.65 bits per heavy atom. The summed E-state index contributed by atoms with van der Waals surface area (Å²) in [7, 11) is 1.32. The van der Waals surface area contributed by atoms with Crippen molar-refractivity contribution in [1.29, 1.82) is 0 Å². The molecule has 0 amide bonds. The van der Waals surface area contributed by atoms with Crippen LogP contribution in [-0.2, 0) is 4.74 Å². The first-order valence-corrected chi connectivity index (χ1v) is 5.65. The van der Waals surface area contributed by atoms with Crippen molar-refractivity contribution in [2.45, 2.75) is 20.3 Å². The fraction of sp³-hybridized carbons (Fsp3) is 0.462. The molecule has 0 atom stereocenters. The zero-order valence-electron chi connectivity index (χ0n) is 10.5. The number of esters is 1. The zero-order valence-corrected chi connectivity index (χ0v) is 10.5. The van der Waals surface area contributed by atoms with Gasteiger partial charge in [-0.25, -0.2) is 4.79 Å². The lowest BCUT2D eigenvalue weighted by Crippen LogP contribution is -2.03. The zero-order chi connectivity index (χ0) is 13.1. The van der Waals surface area contributed by atoms with Crippen molar-refractivity contribution < 1.29 is 18.7 Å². The molecular formula is C13H19FO3. The molecule has 0 radical (unpaired) electrons. The number of methoxy groups -OCH3 is 1. The smallest absolute Gasteiger partial charge is 0.337 e. The lowest BCUT2D eigenvalue weighted by molar-refractivity contribution is 0.0600. The van der Waals surface area contributed by atoms with Crippen molar-refractivity contribution in [2.24, 2.45) is 0 Å². The maximum Gasteiger partial charge on any atom is 0.337 e. The first kappa shape index (κ1) is 15.4. The van der Waals surface area contributed by atoms with Gasteiger partial charge in [0, 0.05) is 6.42 Å². The number of carbonyl (C=O) groups is 1. The Hall–Kier alpha value is -1.58. The molecule has 0 aliphatic rings. The number of hydrogen-bond acceptors (Lipinski definition) is 3. The summed E-state index contributed by atoms with van der Waals surface area (Å²) in [6.45, 7) is 3.90. The van der Waals surface area contributed by atoms with Crippen LogP contribution >= 0.6 is 0 Å². The second-order valence-electron chi connectivity index (χ2n) is 2.91. The minimum absolute atomic E-state index is 0.307. The number of hydrogen-bond donors (Lipinski definition) is 0. The minimum atomic E-state index is -0.411. The molecule has 0 bridgehead atoms. The van der Waals surface area contributed by atoms with E-state index in [0.717, 1.165) is 0 Å². The van der Waals surface area contributed by atoms with Crippen LogP contribution in [0.3, 0.4) is 0 Å². The van der Waals surface area contributed by atoms with E-state index in [1.165, 1.54) is 7.11 Å². The summed E-state index contributed by atoms with van der Waals surface area (Å²) < 4.78 is 21.6. The summed E-state index contributed by atoms with van der Waals surface area (Å²) in [5.74, 6) is 0.136. The van der Waals surface area contributed by atoms with Crippen molar-refractivity contribution in [1.82, 2.24) is 0 Å². The van der Waals surface area contributed by atoms with Crippen molar-refractivity contribution in [2.75, 3.05) is 20.4 Å². The lowest BCUT2D eigenvalue weighted by atomic mass is 10.2. The van der Waals surface area contributed by atoms with E-state index in [-0.39, 0.29) is 0 Å². The minimum Gasteiger partial charge on any atom is -0.493 e. The Kier molecular flexibility index (Phi) is 8.74. The second kappa shape index (κ2) is 9.63. The van der Waals surface area contributed by atoms with Crippen LogP contribution in [-0.4, -0.2) is 26.4 Å². The van der Waals surface area contributed by atoms with Crippen molar-refractivity contribution in [3.8, 4) is 5.75 Å². The Morgan fingerprint density at radius 1 is 1.35 bits per heavy atom. The SMILES string of the molecule is CC.COC(=O)c1cccc(OCCCF)c1. The van der Waals surface area contributed by atoms with Crippen LogP contribution < -0.4 is 4.74 Å². The van der Waals surface area contributed by atoms with E-state index in [4.69, 9.17) is 4.74 Å². The number of ether oxygens (including phenoxy) is 2. The topological polar surface area (TPSA) is 35.5 Å². The van der Waals surface area contributed by atoms with Gasteiger partial charge in [-0.05, 0) is 18.2 Å². The van der Waals surface area contributed by atoms with Crippen LogP contribution in [0, 0.1) is 0 Å². The van der Waals surface area contributed by atoms with E-state index in [1.54, 1.807) is 24.3 Å². The average Bonchev–Trinajstić information content (AvgIpc) is 2.41. The summed E-state index contributed by atoms with van der Waals surface area (Å²) in [4.78, 5) is 11.2. The average molecular weight is 242 g/mol. The van der Waals surface area contributed by atoms with Gasteiger partial charge in [-0.15, -0.1) is 0 Å². The summed E-state index contributed by atoms with van der Waals surface area (Å²) >= 11 is 0. The van der Waals surface area contributed by atoms with Gasteiger partial charge in [0.2, 0.25) is 0 Å². The fourth-order valence-corrected chi connectivity index (χ4v) is 1.08. The number of benzene rings is 1.